The van der Waals surface area contributed by atoms with Gasteiger partial charge < -0.3 is 0 Å². The van der Waals surface area contributed by atoms with E-state index in [1.165, 1.54) is 23.1 Å². The number of hydrogen-bond donors (Lipinski definition) is 0. The Morgan fingerprint density at radius 3 is 2.54 bits per heavy atom. The monoisotopic (exact) mass is 240 g/mol. The van der Waals surface area contributed by atoms with Crippen LogP contribution in [0.1, 0.15) is 36.0 Å². The molecule has 1 atom stereocenters. The van der Waals surface area contributed by atoms with Gasteiger partial charge >= 0.3 is 0 Å². The van der Waals surface area contributed by atoms with Crippen molar-refractivity contribution in [3.8, 4) is 0 Å². The zero-order valence-electron chi connectivity index (χ0n) is 8.60. The second-order valence-corrected chi connectivity index (χ2v) is 4.27. The first-order valence-corrected chi connectivity index (χ1v) is 5.94. The van der Waals surface area contributed by atoms with Gasteiger partial charge in [0.2, 0.25) is 0 Å². The fourth-order valence-corrected chi connectivity index (χ4v) is 2.42. The Balaban J connectivity index is 3.03. The maximum absolute atomic E-state index is 3.57. The average molecular weight is 241 g/mol. The summed E-state index contributed by atoms with van der Waals surface area (Å²) in [5.41, 5.74) is 4.27. The largest absolute Gasteiger partial charge is 0.0921 e. The lowest BCUT2D eigenvalue weighted by molar-refractivity contribution is 0.742. The lowest BCUT2D eigenvalue weighted by atomic mass is 9.93. The number of hydrogen-bond acceptors (Lipinski definition) is 0. The van der Waals surface area contributed by atoms with Crippen LogP contribution in [-0.2, 0) is 0 Å². The summed E-state index contributed by atoms with van der Waals surface area (Å²) in [6, 6.07) is 6.71. The molecule has 0 nitrogen and oxygen atoms in total. The number of rotatable bonds is 3. The van der Waals surface area contributed by atoms with Crippen LogP contribution in [0, 0.1) is 13.8 Å². The topological polar surface area (TPSA) is 0 Å². The molecule has 72 valence electrons. The van der Waals surface area contributed by atoms with Crippen molar-refractivity contribution in [2.24, 2.45) is 0 Å². The summed E-state index contributed by atoms with van der Waals surface area (Å²) in [6.07, 6.45) is 1.20. The highest BCUT2D eigenvalue weighted by Crippen LogP contribution is 2.25. The van der Waals surface area contributed by atoms with E-state index in [0.717, 1.165) is 5.33 Å². The highest BCUT2D eigenvalue weighted by molar-refractivity contribution is 9.09. The molecule has 1 unspecified atom stereocenters. The molecule has 0 aliphatic rings. The number of alkyl halides is 1. The quantitative estimate of drug-likeness (QED) is 0.696. The normalized spacial score (nSPS) is 12.9. The Labute approximate surface area is 89.5 Å². The van der Waals surface area contributed by atoms with Crippen molar-refractivity contribution in [1.82, 2.24) is 0 Å². The molecule has 0 bridgehead atoms. The van der Waals surface area contributed by atoms with E-state index >= 15 is 0 Å². The van der Waals surface area contributed by atoms with E-state index in [1.54, 1.807) is 0 Å². The zero-order valence-corrected chi connectivity index (χ0v) is 10.2. The molecule has 1 rings (SSSR count). The minimum atomic E-state index is 0.667. The molecule has 1 heteroatoms. The van der Waals surface area contributed by atoms with E-state index in [-0.39, 0.29) is 0 Å². The van der Waals surface area contributed by atoms with Gasteiger partial charge in [-0.05, 0) is 37.3 Å². The summed E-state index contributed by atoms with van der Waals surface area (Å²) in [7, 11) is 0. The van der Waals surface area contributed by atoms with Crippen LogP contribution in [0.5, 0.6) is 0 Å². The van der Waals surface area contributed by atoms with Crippen LogP contribution in [0.4, 0.5) is 0 Å². The van der Waals surface area contributed by atoms with E-state index in [0.29, 0.717) is 5.92 Å². The SMILES string of the molecule is CCC(CBr)c1cc(C)ccc1C. The molecule has 0 amide bonds. The summed E-state index contributed by atoms with van der Waals surface area (Å²) in [4.78, 5) is 0. The molecule has 1 aromatic rings. The lowest BCUT2D eigenvalue weighted by Crippen LogP contribution is -2.01. The summed E-state index contributed by atoms with van der Waals surface area (Å²) in [5.74, 6) is 0.667. The highest BCUT2D eigenvalue weighted by Gasteiger charge is 2.09. The third-order valence-electron chi connectivity index (χ3n) is 2.55. The van der Waals surface area contributed by atoms with Crippen molar-refractivity contribution in [2.75, 3.05) is 5.33 Å². The van der Waals surface area contributed by atoms with E-state index in [2.05, 4.69) is 54.9 Å². The summed E-state index contributed by atoms with van der Waals surface area (Å²) in [6.45, 7) is 6.59. The van der Waals surface area contributed by atoms with Crippen molar-refractivity contribution in [3.05, 3.63) is 34.9 Å². The van der Waals surface area contributed by atoms with Crippen molar-refractivity contribution in [2.45, 2.75) is 33.1 Å². The first kappa shape index (κ1) is 10.8. The van der Waals surface area contributed by atoms with Gasteiger partial charge in [-0.25, -0.2) is 0 Å². The highest BCUT2D eigenvalue weighted by atomic mass is 79.9. The third-order valence-corrected chi connectivity index (χ3v) is 3.34. The smallest absolute Gasteiger partial charge is 0.0100 e. The molecule has 0 radical (unpaired) electrons. The minimum absolute atomic E-state index is 0.667. The lowest BCUT2D eigenvalue weighted by Gasteiger charge is -2.15. The maximum atomic E-state index is 3.57. The fraction of sp³-hybridized carbons (Fsp3) is 0.500. The van der Waals surface area contributed by atoms with Crippen LogP contribution >= 0.6 is 15.9 Å². The van der Waals surface area contributed by atoms with Crippen LogP contribution in [0.25, 0.3) is 0 Å². The average Bonchev–Trinajstić information content (AvgIpc) is 2.13. The van der Waals surface area contributed by atoms with Crippen LogP contribution in [-0.4, -0.2) is 5.33 Å². The van der Waals surface area contributed by atoms with Gasteiger partial charge in [0.15, 0.2) is 0 Å². The molecule has 0 aromatic heterocycles. The van der Waals surface area contributed by atoms with Crippen molar-refractivity contribution in [3.63, 3.8) is 0 Å². The first-order valence-electron chi connectivity index (χ1n) is 4.82. The van der Waals surface area contributed by atoms with Crippen molar-refractivity contribution >= 4 is 15.9 Å². The van der Waals surface area contributed by atoms with Gasteiger partial charge in [0.1, 0.15) is 0 Å². The van der Waals surface area contributed by atoms with E-state index in [4.69, 9.17) is 0 Å². The first-order chi connectivity index (χ1) is 6.19. The Morgan fingerprint density at radius 1 is 1.31 bits per heavy atom. The molecular formula is C12H17Br. The van der Waals surface area contributed by atoms with Crippen molar-refractivity contribution < 1.29 is 0 Å². The predicted octanol–water partition coefficient (Wildman–Crippen LogP) is 4.19. The Hall–Kier alpha value is -0.300. The predicted molar refractivity (Wildman–Crippen MR) is 62.7 cm³/mol. The number of benzene rings is 1. The van der Waals surface area contributed by atoms with Gasteiger partial charge in [0.25, 0.3) is 0 Å². The van der Waals surface area contributed by atoms with Gasteiger partial charge in [-0.15, -0.1) is 0 Å². The molecule has 13 heavy (non-hydrogen) atoms. The third kappa shape index (κ3) is 2.57. The molecule has 0 saturated carbocycles. The zero-order chi connectivity index (χ0) is 9.84. The van der Waals surface area contributed by atoms with E-state index < -0.39 is 0 Å². The molecule has 1 aromatic carbocycles. The maximum Gasteiger partial charge on any atom is 0.0100 e. The van der Waals surface area contributed by atoms with Gasteiger partial charge in [-0.2, -0.15) is 0 Å². The Bertz CT molecular complexity index is 274. The van der Waals surface area contributed by atoms with Crippen molar-refractivity contribution in [1.29, 1.82) is 0 Å². The van der Waals surface area contributed by atoms with Crippen LogP contribution in [0.3, 0.4) is 0 Å². The van der Waals surface area contributed by atoms with E-state index in [9.17, 15) is 0 Å². The van der Waals surface area contributed by atoms with Crippen LogP contribution in [0.2, 0.25) is 0 Å². The van der Waals surface area contributed by atoms with Gasteiger partial charge in [0, 0.05) is 5.33 Å². The minimum Gasteiger partial charge on any atom is -0.0921 e. The van der Waals surface area contributed by atoms with Gasteiger partial charge in [0.05, 0.1) is 0 Å². The molecule has 0 saturated heterocycles. The molecule has 0 spiro atoms. The molecule has 0 fully saturated rings. The Kier molecular flexibility index (Phi) is 3.98. The fourth-order valence-electron chi connectivity index (χ4n) is 1.61. The number of halogens is 1. The molecule has 0 heterocycles. The molecule has 0 aliphatic heterocycles. The summed E-state index contributed by atoms with van der Waals surface area (Å²) < 4.78 is 0. The number of aryl methyl sites for hydroxylation is 2. The molecular weight excluding hydrogens is 224 g/mol. The summed E-state index contributed by atoms with van der Waals surface area (Å²) >= 11 is 3.57. The van der Waals surface area contributed by atoms with Gasteiger partial charge in [-0.3, -0.25) is 0 Å². The molecule has 0 N–H and O–H groups in total. The molecule has 0 aliphatic carbocycles. The Morgan fingerprint density at radius 2 is 2.00 bits per heavy atom. The van der Waals surface area contributed by atoms with Crippen LogP contribution in [0.15, 0.2) is 18.2 Å². The second-order valence-electron chi connectivity index (χ2n) is 3.62. The standard InChI is InChI=1S/C12H17Br/c1-4-11(8-13)12-7-9(2)5-6-10(12)3/h5-7,11H,4,8H2,1-3H3. The van der Waals surface area contributed by atoms with E-state index in [1.807, 2.05) is 0 Å². The van der Waals surface area contributed by atoms with Crippen LogP contribution < -0.4 is 0 Å². The second kappa shape index (κ2) is 4.80. The summed E-state index contributed by atoms with van der Waals surface area (Å²) in [5, 5.41) is 1.06. The van der Waals surface area contributed by atoms with Gasteiger partial charge in [-0.1, -0.05) is 46.6 Å².